The number of hydrogen-bond donors (Lipinski definition) is 3. The first kappa shape index (κ1) is 12.6. The van der Waals surface area contributed by atoms with Gasteiger partial charge in [-0.25, -0.2) is 9.59 Å². The number of amides is 3. The highest BCUT2D eigenvalue weighted by Crippen LogP contribution is 2.20. The Hall–Kier alpha value is -1.83. The minimum Gasteiger partial charge on any atom is -0.480 e. The van der Waals surface area contributed by atoms with E-state index in [-0.39, 0.29) is 25.4 Å². The molecule has 18 heavy (non-hydrogen) atoms. The van der Waals surface area contributed by atoms with Gasteiger partial charge in [0.05, 0.1) is 6.10 Å². The smallest absolute Gasteiger partial charge is 0.326 e. The van der Waals surface area contributed by atoms with Crippen LogP contribution < -0.4 is 5.32 Å². The molecule has 2 aliphatic rings. The Kier molecular flexibility index (Phi) is 3.37. The van der Waals surface area contributed by atoms with Crippen molar-refractivity contribution in [3.05, 3.63) is 0 Å². The van der Waals surface area contributed by atoms with Crippen LogP contribution in [0.25, 0.3) is 0 Å². The van der Waals surface area contributed by atoms with Crippen LogP contribution in [0.3, 0.4) is 0 Å². The van der Waals surface area contributed by atoms with Gasteiger partial charge >= 0.3 is 12.0 Å². The van der Waals surface area contributed by atoms with E-state index >= 15 is 0 Å². The topological polar surface area (TPSA) is 110 Å². The molecule has 0 aromatic rings. The molecule has 2 fully saturated rings. The molecule has 2 atom stereocenters. The summed E-state index contributed by atoms with van der Waals surface area (Å²) in [6.07, 6.45) is -0.796. The number of aliphatic hydroxyl groups is 1. The molecule has 3 amide bonds. The Morgan fingerprint density at radius 1 is 1.39 bits per heavy atom. The molecule has 0 saturated carbocycles. The minimum absolute atomic E-state index is 0.00603. The van der Waals surface area contributed by atoms with Crippen molar-refractivity contribution in [3.63, 3.8) is 0 Å². The summed E-state index contributed by atoms with van der Waals surface area (Å²) in [6.45, 7) is 0.633. The predicted molar refractivity (Wildman–Crippen MR) is 58.7 cm³/mol. The second-order valence-corrected chi connectivity index (χ2v) is 4.45. The summed E-state index contributed by atoms with van der Waals surface area (Å²) in [4.78, 5) is 36.7. The third-order valence-corrected chi connectivity index (χ3v) is 3.12. The highest BCUT2D eigenvalue weighted by atomic mass is 16.4. The molecule has 100 valence electrons. The van der Waals surface area contributed by atoms with Crippen LogP contribution in [0.4, 0.5) is 4.79 Å². The molecule has 3 N–H and O–H groups in total. The van der Waals surface area contributed by atoms with Gasteiger partial charge in [-0.15, -0.1) is 0 Å². The Labute approximate surface area is 103 Å². The maximum atomic E-state index is 12.1. The van der Waals surface area contributed by atoms with Crippen molar-refractivity contribution in [2.24, 2.45) is 0 Å². The lowest BCUT2D eigenvalue weighted by molar-refractivity contribution is -0.141. The Bertz CT molecular complexity index is 386. The first-order valence-electron chi connectivity index (χ1n) is 5.72. The van der Waals surface area contributed by atoms with Crippen LogP contribution in [0.5, 0.6) is 0 Å². The second-order valence-electron chi connectivity index (χ2n) is 4.45. The molecule has 8 nitrogen and oxygen atoms in total. The summed E-state index contributed by atoms with van der Waals surface area (Å²) in [7, 11) is 0. The van der Waals surface area contributed by atoms with Gasteiger partial charge in [0.1, 0.15) is 12.6 Å². The molecule has 0 unspecified atom stereocenters. The number of piperazine rings is 1. The van der Waals surface area contributed by atoms with E-state index in [0.717, 1.165) is 4.90 Å². The number of hydrogen-bond acceptors (Lipinski definition) is 4. The van der Waals surface area contributed by atoms with E-state index < -0.39 is 24.1 Å². The van der Waals surface area contributed by atoms with E-state index in [1.165, 1.54) is 4.90 Å². The van der Waals surface area contributed by atoms with Gasteiger partial charge < -0.3 is 25.3 Å². The standard InChI is InChI=1S/C10H15N3O5/c14-6-3-7(9(16)17)13(4-6)10(18)12-2-1-11-8(15)5-12/h6-7,14H,1-5H2,(H,11,15)(H,16,17)/t6-,7+/m1/s1. The fourth-order valence-corrected chi connectivity index (χ4v) is 2.24. The summed E-state index contributed by atoms with van der Waals surface area (Å²) in [6, 6.07) is -1.52. The largest absolute Gasteiger partial charge is 0.480 e. The molecule has 0 aromatic carbocycles. The number of aliphatic hydroxyl groups excluding tert-OH is 1. The number of carboxylic acids is 1. The minimum atomic E-state index is -1.14. The van der Waals surface area contributed by atoms with Crippen molar-refractivity contribution in [3.8, 4) is 0 Å². The number of β-amino-alcohol motifs (C(OH)–C–C–N with tert-alkyl or cyclic N) is 1. The molecule has 0 aromatic heterocycles. The number of likely N-dealkylation sites (tertiary alicyclic amines) is 1. The lowest BCUT2D eigenvalue weighted by Crippen LogP contribution is -2.55. The highest BCUT2D eigenvalue weighted by molar-refractivity contribution is 5.88. The zero-order valence-electron chi connectivity index (χ0n) is 9.70. The van der Waals surface area contributed by atoms with Crippen molar-refractivity contribution in [2.75, 3.05) is 26.2 Å². The third kappa shape index (κ3) is 2.37. The summed E-state index contributed by atoms with van der Waals surface area (Å²) in [5.74, 6) is -1.40. The van der Waals surface area contributed by atoms with Gasteiger partial charge in [-0.1, -0.05) is 0 Å². The lowest BCUT2D eigenvalue weighted by atomic mass is 10.2. The average molecular weight is 257 g/mol. The quantitative estimate of drug-likeness (QED) is 0.506. The molecule has 2 heterocycles. The van der Waals surface area contributed by atoms with Crippen molar-refractivity contribution in [2.45, 2.75) is 18.6 Å². The third-order valence-electron chi connectivity index (χ3n) is 3.12. The molecule has 0 bridgehead atoms. The van der Waals surface area contributed by atoms with Crippen LogP contribution in [0.2, 0.25) is 0 Å². The zero-order chi connectivity index (χ0) is 13.3. The maximum Gasteiger partial charge on any atom is 0.326 e. The molecule has 8 heteroatoms. The number of nitrogens with zero attached hydrogens (tertiary/aromatic N) is 2. The SMILES string of the molecule is O=C1CN(C(=O)N2C[C@H](O)C[C@H]2C(=O)O)CCN1. The average Bonchev–Trinajstić information content (AvgIpc) is 2.70. The number of carbonyl (C=O) groups is 3. The molecular formula is C10H15N3O5. The van der Waals surface area contributed by atoms with E-state index in [0.29, 0.717) is 13.1 Å². The highest BCUT2D eigenvalue weighted by Gasteiger charge is 2.41. The van der Waals surface area contributed by atoms with E-state index in [9.17, 15) is 19.5 Å². The van der Waals surface area contributed by atoms with Crippen LogP contribution in [-0.2, 0) is 9.59 Å². The number of nitrogens with one attached hydrogen (secondary N) is 1. The first-order chi connectivity index (χ1) is 8.49. The molecule has 2 aliphatic heterocycles. The number of carbonyl (C=O) groups excluding carboxylic acids is 2. The lowest BCUT2D eigenvalue weighted by Gasteiger charge is -2.32. The Balaban J connectivity index is 2.07. The van der Waals surface area contributed by atoms with Crippen molar-refractivity contribution >= 4 is 17.9 Å². The molecule has 0 radical (unpaired) electrons. The molecular weight excluding hydrogens is 242 g/mol. The summed E-state index contributed by atoms with van der Waals surface area (Å²) < 4.78 is 0. The van der Waals surface area contributed by atoms with Crippen LogP contribution in [0.15, 0.2) is 0 Å². The van der Waals surface area contributed by atoms with Crippen molar-refractivity contribution < 1.29 is 24.6 Å². The molecule has 2 saturated heterocycles. The fourth-order valence-electron chi connectivity index (χ4n) is 2.24. The van der Waals surface area contributed by atoms with E-state index in [4.69, 9.17) is 5.11 Å². The van der Waals surface area contributed by atoms with Gasteiger partial charge in [0.25, 0.3) is 0 Å². The number of urea groups is 1. The summed E-state index contributed by atoms with van der Waals surface area (Å²) >= 11 is 0. The van der Waals surface area contributed by atoms with Gasteiger partial charge in [0, 0.05) is 26.1 Å². The van der Waals surface area contributed by atoms with Crippen LogP contribution in [-0.4, -0.2) is 76.2 Å². The van der Waals surface area contributed by atoms with Crippen molar-refractivity contribution in [1.29, 1.82) is 0 Å². The summed E-state index contributed by atoms with van der Waals surface area (Å²) in [5, 5.41) is 21.0. The van der Waals surface area contributed by atoms with Gasteiger partial charge in [0.15, 0.2) is 0 Å². The summed E-state index contributed by atoms with van der Waals surface area (Å²) in [5.41, 5.74) is 0. The number of carboxylic acid groups (broad SMARTS) is 1. The zero-order valence-corrected chi connectivity index (χ0v) is 9.70. The molecule has 2 rings (SSSR count). The fraction of sp³-hybridized carbons (Fsp3) is 0.700. The van der Waals surface area contributed by atoms with E-state index in [2.05, 4.69) is 5.32 Å². The number of rotatable bonds is 1. The maximum absolute atomic E-state index is 12.1. The normalized spacial score (nSPS) is 28.2. The van der Waals surface area contributed by atoms with Gasteiger partial charge in [-0.2, -0.15) is 0 Å². The Morgan fingerprint density at radius 3 is 2.72 bits per heavy atom. The second kappa shape index (κ2) is 4.81. The van der Waals surface area contributed by atoms with E-state index in [1.807, 2.05) is 0 Å². The van der Waals surface area contributed by atoms with Crippen molar-refractivity contribution in [1.82, 2.24) is 15.1 Å². The first-order valence-corrected chi connectivity index (χ1v) is 5.72. The van der Waals surface area contributed by atoms with Gasteiger partial charge in [-0.3, -0.25) is 4.79 Å². The molecule has 0 aliphatic carbocycles. The Morgan fingerprint density at radius 2 is 2.11 bits per heavy atom. The van der Waals surface area contributed by atoms with Crippen LogP contribution in [0, 0.1) is 0 Å². The van der Waals surface area contributed by atoms with Gasteiger partial charge in [0.2, 0.25) is 5.91 Å². The van der Waals surface area contributed by atoms with Crippen LogP contribution in [0.1, 0.15) is 6.42 Å². The monoisotopic (exact) mass is 257 g/mol. The number of aliphatic carboxylic acids is 1. The predicted octanol–water partition coefficient (Wildman–Crippen LogP) is -1.94. The van der Waals surface area contributed by atoms with E-state index in [1.54, 1.807) is 0 Å². The van der Waals surface area contributed by atoms with Crippen LogP contribution >= 0.6 is 0 Å². The van der Waals surface area contributed by atoms with Gasteiger partial charge in [-0.05, 0) is 0 Å². The molecule has 0 spiro atoms.